The third kappa shape index (κ3) is 2.35. The highest BCUT2D eigenvalue weighted by Crippen LogP contribution is 2.28. The molecule has 0 aliphatic carbocycles. The predicted octanol–water partition coefficient (Wildman–Crippen LogP) is 1.59. The Hall–Kier alpha value is -2.05. The molecule has 1 aromatic carbocycles. The van der Waals surface area contributed by atoms with Crippen molar-refractivity contribution in [2.45, 2.75) is 19.9 Å². The van der Waals surface area contributed by atoms with Crippen molar-refractivity contribution >= 4 is 17.5 Å². The Morgan fingerprint density at radius 2 is 1.75 bits per heavy atom. The number of hydrogen-bond donors (Lipinski definition) is 1. The minimum Gasteiger partial charge on any atom is -0.345 e. The summed E-state index contributed by atoms with van der Waals surface area (Å²) in [6, 6.07) is -0.00566. The lowest BCUT2D eigenvalue weighted by molar-refractivity contribution is -0.131. The molecule has 1 aliphatic rings. The summed E-state index contributed by atoms with van der Waals surface area (Å²) < 4.78 is 40.1. The molecule has 4 nitrogen and oxygen atoms in total. The van der Waals surface area contributed by atoms with Gasteiger partial charge < -0.3 is 5.32 Å². The van der Waals surface area contributed by atoms with Crippen LogP contribution >= 0.6 is 0 Å². The van der Waals surface area contributed by atoms with Gasteiger partial charge in [0.25, 0.3) is 0 Å². The van der Waals surface area contributed by atoms with Crippen LogP contribution in [0.5, 0.6) is 0 Å². The molecular weight excluding hydrogens is 273 g/mol. The summed E-state index contributed by atoms with van der Waals surface area (Å²) in [4.78, 5) is 24.7. The van der Waals surface area contributed by atoms with Crippen LogP contribution in [0.15, 0.2) is 12.1 Å². The van der Waals surface area contributed by atoms with Gasteiger partial charge in [-0.25, -0.2) is 13.2 Å². The van der Waals surface area contributed by atoms with Gasteiger partial charge in [0.1, 0.15) is 11.9 Å². The normalized spacial score (nSPS) is 19.5. The standard InChI is InChI=1S/C13H13F3N2O2/c1-6(2)12-13(20)17-5-11(19)18(12)10-4-8(15)7(14)3-9(10)16/h3-4,6,12H,5H2,1-2H3,(H,17,20). The number of carbonyl (C=O) groups excluding carboxylic acids is 2. The first-order chi connectivity index (χ1) is 9.32. The third-order valence-electron chi connectivity index (χ3n) is 3.11. The molecule has 1 aliphatic heterocycles. The van der Waals surface area contributed by atoms with E-state index in [9.17, 15) is 22.8 Å². The van der Waals surface area contributed by atoms with Gasteiger partial charge in [-0.05, 0) is 5.92 Å². The van der Waals surface area contributed by atoms with Crippen LogP contribution in [0.25, 0.3) is 0 Å². The first-order valence-electron chi connectivity index (χ1n) is 6.07. The highest BCUT2D eigenvalue weighted by Gasteiger charge is 2.39. The lowest BCUT2D eigenvalue weighted by atomic mass is 9.98. The maximum atomic E-state index is 13.8. The number of nitrogens with one attached hydrogen (secondary N) is 1. The molecule has 2 rings (SSSR count). The van der Waals surface area contributed by atoms with Crippen molar-refractivity contribution in [3.05, 3.63) is 29.6 Å². The minimum absolute atomic E-state index is 0.305. The van der Waals surface area contributed by atoms with Gasteiger partial charge in [0.05, 0.1) is 12.2 Å². The van der Waals surface area contributed by atoms with Crippen LogP contribution in [0.2, 0.25) is 0 Å². The van der Waals surface area contributed by atoms with E-state index in [2.05, 4.69) is 5.32 Å². The number of piperazine rings is 1. The fourth-order valence-corrected chi connectivity index (χ4v) is 2.21. The number of carbonyl (C=O) groups is 2. The largest absolute Gasteiger partial charge is 0.345 e. The van der Waals surface area contributed by atoms with Gasteiger partial charge in [-0.1, -0.05) is 13.8 Å². The van der Waals surface area contributed by atoms with E-state index in [0.717, 1.165) is 4.90 Å². The summed E-state index contributed by atoms with van der Waals surface area (Å²) in [5.74, 6) is -5.05. The molecule has 1 heterocycles. The van der Waals surface area contributed by atoms with Crippen LogP contribution in [0.4, 0.5) is 18.9 Å². The smallest absolute Gasteiger partial charge is 0.247 e. The van der Waals surface area contributed by atoms with Crippen molar-refractivity contribution in [3.63, 3.8) is 0 Å². The van der Waals surface area contributed by atoms with Crippen molar-refractivity contribution in [1.82, 2.24) is 5.32 Å². The zero-order valence-electron chi connectivity index (χ0n) is 10.9. The molecule has 1 atom stereocenters. The van der Waals surface area contributed by atoms with Gasteiger partial charge in [-0.15, -0.1) is 0 Å². The average Bonchev–Trinajstić information content (AvgIpc) is 2.36. The van der Waals surface area contributed by atoms with E-state index in [1.165, 1.54) is 0 Å². The molecule has 0 bridgehead atoms. The molecule has 0 spiro atoms. The van der Waals surface area contributed by atoms with E-state index in [1.54, 1.807) is 13.8 Å². The number of amides is 2. The van der Waals surface area contributed by atoms with Crippen LogP contribution in [-0.2, 0) is 9.59 Å². The van der Waals surface area contributed by atoms with Crippen molar-refractivity contribution in [2.24, 2.45) is 5.92 Å². The molecule has 108 valence electrons. The monoisotopic (exact) mass is 286 g/mol. The van der Waals surface area contributed by atoms with E-state index in [1.807, 2.05) is 0 Å². The summed E-state index contributed by atoms with van der Waals surface area (Å²) >= 11 is 0. The predicted molar refractivity (Wildman–Crippen MR) is 65.4 cm³/mol. The number of nitrogens with zero attached hydrogens (tertiary/aromatic N) is 1. The highest BCUT2D eigenvalue weighted by molar-refractivity contribution is 6.06. The molecule has 1 saturated heterocycles. The second-order valence-electron chi connectivity index (χ2n) is 4.89. The maximum Gasteiger partial charge on any atom is 0.247 e. The zero-order chi connectivity index (χ0) is 15.0. The molecule has 0 aromatic heterocycles. The van der Waals surface area contributed by atoms with E-state index in [-0.39, 0.29) is 12.5 Å². The van der Waals surface area contributed by atoms with Gasteiger partial charge in [0.15, 0.2) is 11.6 Å². The molecule has 0 radical (unpaired) electrons. The second kappa shape index (κ2) is 5.15. The molecule has 2 amide bonds. The van der Waals surface area contributed by atoms with Gasteiger partial charge in [0.2, 0.25) is 11.8 Å². The Morgan fingerprint density at radius 1 is 1.15 bits per heavy atom. The number of rotatable bonds is 2. The van der Waals surface area contributed by atoms with Crippen LogP contribution in [0, 0.1) is 23.4 Å². The molecule has 1 fully saturated rings. The Bertz CT molecular complexity index is 575. The van der Waals surface area contributed by atoms with Crippen LogP contribution in [-0.4, -0.2) is 24.4 Å². The Labute approximate surface area is 113 Å². The van der Waals surface area contributed by atoms with E-state index < -0.39 is 41.0 Å². The quantitative estimate of drug-likeness (QED) is 0.839. The Kier molecular flexibility index (Phi) is 3.69. The van der Waals surface area contributed by atoms with Crippen molar-refractivity contribution < 1.29 is 22.8 Å². The molecule has 1 aromatic rings. The Balaban J connectivity index is 2.54. The molecule has 7 heteroatoms. The summed E-state index contributed by atoms with van der Waals surface area (Å²) in [6.07, 6.45) is 0. The Morgan fingerprint density at radius 3 is 2.35 bits per heavy atom. The number of hydrogen-bond acceptors (Lipinski definition) is 2. The molecule has 0 saturated carbocycles. The summed E-state index contributed by atoms with van der Waals surface area (Å²) in [6.45, 7) is 3.04. The molecule has 1 unspecified atom stereocenters. The number of halogens is 3. The lowest BCUT2D eigenvalue weighted by Gasteiger charge is -2.37. The van der Waals surface area contributed by atoms with Crippen molar-refractivity contribution in [1.29, 1.82) is 0 Å². The molecule has 1 N–H and O–H groups in total. The zero-order valence-corrected chi connectivity index (χ0v) is 10.9. The minimum atomic E-state index is -1.35. The lowest BCUT2D eigenvalue weighted by Crippen LogP contribution is -2.60. The second-order valence-corrected chi connectivity index (χ2v) is 4.89. The van der Waals surface area contributed by atoms with Crippen molar-refractivity contribution in [3.8, 4) is 0 Å². The first kappa shape index (κ1) is 14.4. The van der Waals surface area contributed by atoms with E-state index >= 15 is 0 Å². The maximum absolute atomic E-state index is 13.8. The summed E-state index contributed by atoms with van der Waals surface area (Å²) in [7, 11) is 0. The topological polar surface area (TPSA) is 49.4 Å². The van der Waals surface area contributed by atoms with Crippen LogP contribution in [0.1, 0.15) is 13.8 Å². The SMILES string of the molecule is CC(C)C1C(=O)NCC(=O)N1c1cc(F)c(F)cc1F. The van der Waals surface area contributed by atoms with E-state index in [4.69, 9.17) is 0 Å². The summed E-state index contributed by atoms with van der Waals surface area (Å²) in [5, 5.41) is 2.39. The average molecular weight is 286 g/mol. The fraction of sp³-hybridized carbons (Fsp3) is 0.385. The first-order valence-corrected chi connectivity index (χ1v) is 6.07. The van der Waals surface area contributed by atoms with Gasteiger partial charge >= 0.3 is 0 Å². The number of anilines is 1. The summed E-state index contributed by atoms with van der Waals surface area (Å²) in [5.41, 5.74) is -0.428. The van der Waals surface area contributed by atoms with Gasteiger partial charge in [-0.3, -0.25) is 14.5 Å². The molecular formula is C13H13F3N2O2. The highest BCUT2D eigenvalue weighted by atomic mass is 19.2. The van der Waals surface area contributed by atoms with Crippen LogP contribution in [0.3, 0.4) is 0 Å². The van der Waals surface area contributed by atoms with Gasteiger partial charge in [0, 0.05) is 12.1 Å². The number of benzene rings is 1. The van der Waals surface area contributed by atoms with Crippen LogP contribution < -0.4 is 10.2 Å². The molecule has 20 heavy (non-hydrogen) atoms. The van der Waals surface area contributed by atoms with E-state index in [0.29, 0.717) is 12.1 Å². The fourth-order valence-electron chi connectivity index (χ4n) is 2.21. The third-order valence-corrected chi connectivity index (χ3v) is 3.11. The van der Waals surface area contributed by atoms with Crippen molar-refractivity contribution in [2.75, 3.05) is 11.4 Å². The van der Waals surface area contributed by atoms with Gasteiger partial charge in [-0.2, -0.15) is 0 Å².